The summed E-state index contributed by atoms with van der Waals surface area (Å²) in [4.78, 5) is 13.5. The second kappa shape index (κ2) is 22.0. The van der Waals surface area contributed by atoms with Crippen molar-refractivity contribution in [3.63, 3.8) is 0 Å². The number of carbonyl (C=O) groups is 1. The van der Waals surface area contributed by atoms with Gasteiger partial charge in [-0.15, -0.1) is 11.8 Å². The van der Waals surface area contributed by atoms with Gasteiger partial charge in [-0.1, -0.05) is 145 Å². The SMILES string of the molecule is CCCCCCCCCCCCCCCC(=O)NCc1ccc(C2O[C@H](CSc3ccccc3N)C[C@H](c3ccc(CO)cc3)O2)cc1. The summed E-state index contributed by atoms with van der Waals surface area (Å²) in [5.41, 5.74) is 10.9. The van der Waals surface area contributed by atoms with Crippen LogP contribution in [0.15, 0.2) is 77.7 Å². The van der Waals surface area contributed by atoms with E-state index in [-0.39, 0.29) is 24.7 Å². The van der Waals surface area contributed by atoms with Gasteiger partial charge in [0.15, 0.2) is 6.29 Å². The summed E-state index contributed by atoms with van der Waals surface area (Å²) in [7, 11) is 0. The lowest BCUT2D eigenvalue weighted by molar-refractivity contribution is -0.245. The molecular weight excluding hydrogens is 617 g/mol. The van der Waals surface area contributed by atoms with Gasteiger partial charge in [0, 0.05) is 41.3 Å². The quantitative estimate of drug-likeness (QED) is 0.0558. The van der Waals surface area contributed by atoms with E-state index in [4.69, 9.17) is 15.2 Å². The minimum absolute atomic E-state index is 0.0154. The molecule has 0 spiro atoms. The average Bonchev–Trinajstić information content (AvgIpc) is 3.12. The number of hydrogen-bond donors (Lipinski definition) is 3. The fourth-order valence-electron chi connectivity index (χ4n) is 6.20. The molecule has 0 aromatic heterocycles. The largest absolute Gasteiger partial charge is 0.398 e. The first-order chi connectivity index (χ1) is 23.6. The molecule has 1 saturated heterocycles. The molecule has 0 radical (unpaired) electrons. The van der Waals surface area contributed by atoms with Gasteiger partial charge in [-0.2, -0.15) is 0 Å². The van der Waals surface area contributed by atoms with Crippen LogP contribution in [0.1, 0.15) is 138 Å². The second-order valence-corrected chi connectivity index (χ2v) is 14.3. The van der Waals surface area contributed by atoms with Crippen molar-refractivity contribution in [2.75, 3.05) is 11.5 Å². The zero-order chi connectivity index (χ0) is 33.8. The summed E-state index contributed by atoms with van der Waals surface area (Å²) in [6.45, 7) is 2.80. The Balaban J connectivity index is 1.18. The Bertz CT molecular complexity index is 1320. The number of aliphatic hydroxyl groups is 1. The number of benzene rings is 3. The molecule has 1 fully saturated rings. The lowest BCUT2D eigenvalue weighted by atomic mass is 10.0. The fraction of sp³-hybridized carbons (Fsp3) is 0.537. The number of ether oxygens (including phenoxy) is 2. The summed E-state index contributed by atoms with van der Waals surface area (Å²) < 4.78 is 13.0. The molecule has 3 aromatic rings. The zero-order valence-electron chi connectivity index (χ0n) is 29.0. The van der Waals surface area contributed by atoms with Crippen LogP contribution in [0.3, 0.4) is 0 Å². The van der Waals surface area contributed by atoms with Gasteiger partial charge in [-0.25, -0.2) is 0 Å². The van der Waals surface area contributed by atoms with Crippen molar-refractivity contribution in [2.45, 2.75) is 140 Å². The Labute approximate surface area is 293 Å². The van der Waals surface area contributed by atoms with E-state index in [1.165, 1.54) is 70.6 Å². The van der Waals surface area contributed by atoms with Crippen LogP contribution >= 0.6 is 11.8 Å². The normalized spacial score (nSPS) is 17.8. The number of anilines is 1. The molecule has 3 atom stereocenters. The highest BCUT2D eigenvalue weighted by atomic mass is 32.2. The van der Waals surface area contributed by atoms with Gasteiger partial charge in [0.1, 0.15) is 0 Å². The standard InChI is InChI=1S/C41H58N2O4S/c1-2-3-4-5-6-7-8-9-10-11-12-13-14-19-40(45)43-29-32-20-26-35(27-21-32)41-46-36(31-48-39-18-16-15-17-37(39)42)28-38(47-41)34-24-22-33(30-44)23-25-34/h15-18,20-27,36,38,41,44H,2-14,19,28-31,42H2,1H3,(H,43,45)/t36-,38+,41?/m0/s1. The van der Waals surface area contributed by atoms with Gasteiger partial charge in [0.05, 0.1) is 18.8 Å². The number of thioether (sulfide) groups is 1. The van der Waals surface area contributed by atoms with Crippen molar-refractivity contribution in [1.82, 2.24) is 5.32 Å². The first-order valence-corrected chi connectivity index (χ1v) is 19.4. The van der Waals surface area contributed by atoms with Crippen LogP contribution in [0.2, 0.25) is 0 Å². The number of para-hydroxylation sites is 1. The van der Waals surface area contributed by atoms with Crippen molar-refractivity contribution in [3.8, 4) is 0 Å². The molecule has 4 rings (SSSR count). The second-order valence-electron chi connectivity index (χ2n) is 13.2. The van der Waals surface area contributed by atoms with Crippen LogP contribution < -0.4 is 11.1 Å². The summed E-state index contributed by atoms with van der Waals surface area (Å²) >= 11 is 1.70. The van der Waals surface area contributed by atoms with Crippen molar-refractivity contribution in [1.29, 1.82) is 0 Å². The number of hydrogen-bond acceptors (Lipinski definition) is 6. The maximum atomic E-state index is 12.5. The van der Waals surface area contributed by atoms with Crippen LogP contribution in [0.4, 0.5) is 5.69 Å². The number of nitrogens with two attached hydrogens (primary N) is 1. The predicted molar refractivity (Wildman–Crippen MR) is 199 cm³/mol. The zero-order valence-corrected chi connectivity index (χ0v) is 29.9. The highest BCUT2D eigenvalue weighted by Gasteiger charge is 2.32. The Morgan fingerprint density at radius 1 is 0.771 bits per heavy atom. The third kappa shape index (κ3) is 13.6. The molecule has 1 aliphatic heterocycles. The Morgan fingerprint density at radius 3 is 1.98 bits per heavy atom. The van der Waals surface area contributed by atoms with E-state index < -0.39 is 6.29 Å². The van der Waals surface area contributed by atoms with E-state index in [1.54, 1.807) is 11.8 Å². The first-order valence-electron chi connectivity index (χ1n) is 18.4. The molecule has 7 heteroatoms. The Kier molecular flexibility index (Phi) is 17.4. The number of unbranched alkanes of at least 4 members (excludes halogenated alkanes) is 12. The molecule has 262 valence electrons. The van der Waals surface area contributed by atoms with E-state index in [0.29, 0.717) is 13.0 Å². The van der Waals surface area contributed by atoms with Crippen molar-refractivity contribution in [2.24, 2.45) is 0 Å². The Morgan fingerprint density at radius 2 is 1.35 bits per heavy atom. The van der Waals surface area contributed by atoms with Gasteiger partial charge in [-0.05, 0) is 35.2 Å². The van der Waals surface area contributed by atoms with E-state index in [2.05, 4.69) is 12.2 Å². The highest BCUT2D eigenvalue weighted by Crippen LogP contribution is 2.40. The molecule has 1 amide bonds. The minimum atomic E-state index is -0.515. The maximum absolute atomic E-state index is 12.5. The molecule has 1 unspecified atom stereocenters. The lowest BCUT2D eigenvalue weighted by Gasteiger charge is -2.36. The van der Waals surface area contributed by atoms with E-state index in [1.807, 2.05) is 72.8 Å². The van der Waals surface area contributed by atoms with E-state index in [0.717, 1.165) is 57.9 Å². The maximum Gasteiger partial charge on any atom is 0.220 e. The summed E-state index contributed by atoms with van der Waals surface area (Å²) in [6.07, 6.45) is 17.6. The minimum Gasteiger partial charge on any atom is -0.398 e. The van der Waals surface area contributed by atoms with Gasteiger partial charge in [0.2, 0.25) is 5.91 Å². The molecule has 3 aromatic carbocycles. The van der Waals surface area contributed by atoms with Crippen LogP contribution in [0.25, 0.3) is 0 Å². The van der Waals surface area contributed by atoms with Gasteiger partial charge < -0.3 is 25.6 Å². The van der Waals surface area contributed by atoms with Crippen molar-refractivity contribution in [3.05, 3.63) is 95.1 Å². The molecule has 0 bridgehead atoms. The number of carbonyl (C=O) groups excluding carboxylic acids is 1. The number of aliphatic hydroxyl groups excluding tert-OH is 1. The third-order valence-electron chi connectivity index (χ3n) is 9.21. The fourth-order valence-corrected chi connectivity index (χ4v) is 7.19. The van der Waals surface area contributed by atoms with Gasteiger partial charge in [-0.3, -0.25) is 4.79 Å². The molecule has 1 aliphatic rings. The molecule has 1 heterocycles. The average molecular weight is 675 g/mol. The molecular formula is C41H58N2O4S. The van der Waals surface area contributed by atoms with Crippen LogP contribution in [0, 0.1) is 0 Å². The smallest absolute Gasteiger partial charge is 0.220 e. The number of nitrogen functional groups attached to an aromatic ring is 1. The van der Waals surface area contributed by atoms with E-state index in [9.17, 15) is 9.90 Å². The van der Waals surface area contributed by atoms with Crippen LogP contribution in [-0.4, -0.2) is 22.9 Å². The van der Waals surface area contributed by atoms with E-state index >= 15 is 0 Å². The van der Waals surface area contributed by atoms with Crippen molar-refractivity contribution >= 4 is 23.4 Å². The molecule has 48 heavy (non-hydrogen) atoms. The summed E-state index contributed by atoms with van der Waals surface area (Å²) in [5.74, 6) is 0.874. The summed E-state index contributed by atoms with van der Waals surface area (Å²) in [6, 6.07) is 24.0. The van der Waals surface area contributed by atoms with Crippen LogP contribution in [0.5, 0.6) is 0 Å². The third-order valence-corrected chi connectivity index (χ3v) is 10.4. The Hall–Kier alpha value is -2.84. The number of amides is 1. The van der Waals surface area contributed by atoms with Gasteiger partial charge in [0.25, 0.3) is 0 Å². The van der Waals surface area contributed by atoms with Crippen molar-refractivity contribution < 1.29 is 19.4 Å². The summed E-state index contributed by atoms with van der Waals surface area (Å²) in [5, 5.41) is 12.6. The molecule has 4 N–H and O–H groups in total. The topological polar surface area (TPSA) is 93.8 Å². The molecule has 0 saturated carbocycles. The molecule has 0 aliphatic carbocycles. The highest BCUT2D eigenvalue weighted by molar-refractivity contribution is 7.99. The molecule has 6 nitrogen and oxygen atoms in total. The monoisotopic (exact) mass is 674 g/mol. The number of nitrogens with one attached hydrogen (secondary N) is 1. The predicted octanol–water partition coefficient (Wildman–Crippen LogP) is 10.2. The van der Waals surface area contributed by atoms with Crippen LogP contribution in [-0.2, 0) is 27.4 Å². The van der Waals surface area contributed by atoms with Gasteiger partial charge >= 0.3 is 0 Å². The lowest BCUT2D eigenvalue weighted by Crippen LogP contribution is -2.31. The first kappa shape index (κ1) is 38.0. The number of rotatable bonds is 22.